The van der Waals surface area contributed by atoms with Gasteiger partial charge in [-0.2, -0.15) is 0 Å². The Bertz CT molecular complexity index is 1070. The van der Waals surface area contributed by atoms with E-state index in [1.807, 2.05) is 77.5 Å². The predicted molar refractivity (Wildman–Crippen MR) is 110 cm³/mol. The monoisotopic (exact) mass is 395 g/mol. The van der Waals surface area contributed by atoms with E-state index in [4.69, 9.17) is 11.6 Å². The zero-order valence-corrected chi connectivity index (χ0v) is 16.3. The summed E-state index contributed by atoms with van der Waals surface area (Å²) < 4.78 is 2.00. The number of hydrogen-bond donors (Lipinski definition) is 1. The summed E-state index contributed by atoms with van der Waals surface area (Å²) in [5, 5.41) is 5.72. The lowest BCUT2D eigenvalue weighted by Gasteiger charge is -2.14. The summed E-state index contributed by atoms with van der Waals surface area (Å²) >= 11 is 7.47. The Morgan fingerprint density at radius 1 is 1.19 bits per heavy atom. The first-order valence-electron chi connectivity index (χ1n) is 8.66. The van der Waals surface area contributed by atoms with Crippen LogP contribution in [-0.2, 0) is 11.2 Å². The van der Waals surface area contributed by atoms with Crippen molar-refractivity contribution in [1.82, 2.24) is 14.7 Å². The maximum absolute atomic E-state index is 12.5. The van der Waals surface area contributed by atoms with Crippen LogP contribution in [0.5, 0.6) is 0 Å². The minimum absolute atomic E-state index is 0.0212. The summed E-state index contributed by atoms with van der Waals surface area (Å²) in [5.74, 6) is -0.0212. The zero-order valence-electron chi connectivity index (χ0n) is 14.7. The Kier molecular flexibility index (Phi) is 4.97. The first-order valence-corrected chi connectivity index (χ1v) is 9.91. The molecule has 4 rings (SSSR count). The van der Waals surface area contributed by atoms with Crippen LogP contribution >= 0.6 is 22.9 Å². The Hall–Kier alpha value is -2.63. The van der Waals surface area contributed by atoms with Crippen LogP contribution < -0.4 is 5.32 Å². The van der Waals surface area contributed by atoms with Crippen molar-refractivity contribution in [2.45, 2.75) is 19.4 Å². The van der Waals surface area contributed by atoms with E-state index >= 15 is 0 Å². The fraction of sp³-hybridized carbons (Fsp3) is 0.143. The molecule has 0 aliphatic carbocycles. The molecule has 2 aromatic heterocycles. The molecule has 0 radical (unpaired) electrons. The average molecular weight is 396 g/mol. The normalized spacial score (nSPS) is 12.2. The van der Waals surface area contributed by atoms with Crippen molar-refractivity contribution in [2.24, 2.45) is 0 Å². The fourth-order valence-corrected chi connectivity index (χ4v) is 4.00. The van der Waals surface area contributed by atoms with Gasteiger partial charge in [0.25, 0.3) is 0 Å². The molecule has 0 aliphatic heterocycles. The molecule has 0 saturated carbocycles. The van der Waals surface area contributed by atoms with E-state index in [1.165, 1.54) is 0 Å². The summed E-state index contributed by atoms with van der Waals surface area (Å²) in [5.41, 5.74) is 3.95. The lowest BCUT2D eigenvalue weighted by atomic mass is 10.1. The molecule has 0 aliphatic rings. The molecule has 0 fully saturated rings. The highest BCUT2D eigenvalue weighted by Crippen LogP contribution is 2.24. The highest BCUT2D eigenvalue weighted by atomic mass is 35.5. The lowest BCUT2D eigenvalue weighted by Crippen LogP contribution is -2.28. The van der Waals surface area contributed by atoms with Gasteiger partial charge in [-0.3, -0.25) is 9.20 Å². The highest BCUT2D eigenvalue weighted by Gasteiger charge is 2.14. The Morgan fingerprint density at radius 2 is 1.93 bits per heavy atom. The molecule has 136 valence electrons. The van der Waals surface area contributed by atoms with Crippen LogP contribution in [0.15, 0.2) is 66.2 Å². The van der Waals surface area contributed by atoms with E-state index in [0.29, 0.717) is 11.4 Å². The number of rotatable bonds is 5. The molecular formula is C21H18ClN3OS. The van der Waals surface area contributed by atoms with Gasteiger partial charge in [0.1, 0.15) is 0 Å². The molecule has 0 bridgehead atoms. The Balaban J connectivity index is 1.49. The number of nitrogens with one attached hydrogen (secondary N) is 1. The zero-order chi connectivity index (χ0) is 18.8. The van der Waals surface area contributed by atoms with Gasteiger partial charge in [-0.15, -0.1) is 11.3 Å². The van der Waals surface area contributed by atoms with Gasteiger partial charge >= 0.3 is 0 Å². The second-order valence-electron chi connectivity index (χ2n) is 6.39. The number of amides is 1. The first kappa shape index (κ1) is 17.8. The van der Waals surface area contributed by atoms with Crippen LogP contribution in [0.25, 0.3) is 16.2 Å². The van der Waals surface area contributed by atoms with Crippen molar-refractivity contribution >= 4 is 33.8 Å². The van der Waals surface area contributed by atoms with Gasteiger partial charge < -0.3 is 5.32 Å². The van der Waals surface area contributed by atoms with E-state index in [0.717, 1.165) is 27.5 Å². The minimum atomic E-state index is -0.0773. The highest BCUT2D eigenvalue weighted by molar-refractivity contribution is 7.15. The van der Waals surface area contributed by atoms with Crippen molar-refractivity contribution in [1.29, 1.82) is 0 Å². The number of hydrogen-bond acceptors (Lipinski definition) is 3. The molecule has 2 aromatic carbocycles. The van der Waals surface area contributed by atoms with Crippen molar-refractivity contribution in [2.75, 3.05) is 0 Å². The number of carbonyl (C=O) groups is 1. The van der Waals surface area contributed by atoms with Crippen LogP contribution in [-0.4, -0.2) is 15.3 Å². The Morgan fingerprint density at radius 3 is 2.67 bits per heavy atom. The number of aromatic nitrogens is 2. The van der Waals surface area contributed by atoms with Gasteiger partial charge in [0.2, 0.25) is 5.91 Å². The maximum Gasteiger partial charge on any atom is 0.226 e. The van der Waals surface area contributed by atoms with E-state index in [2.05, 4.69) is 10.3 Å². The molecule has 4 nitrogen and oxygen atoms in total. The smallest absolute Gasteiger partial charge is 0.226 e. The summed E-state index contributed by atoms with van der Waals surface area (Å²) in [7, 11) is 0. The molecule has 2 heterocycles. The third-order valence-corrected chi connectivity index (χ3v) is 5.58. The van der Waals surface area contributed by atoms with E-state index in [9.17, 15) is 4.79 Å². The predicted octanol–water partition coefficient (Wildman–Crippen LogP) is 5.14. The molecule has 6 heteroatoms. The SMILES string of the molecule is CC(NC(=O)Cc1csc2nc(-c3ccccc3)cn12)c1ccc(Cl)cc1. The molecular weight excluding hydrogens is 378 g/mol. The Labute approximate surface area is 166 Å². The molecule has 0 spiro atoms. The molecule has 1 N–H and O–H groups in total. The third kappa shape index (κ3) is 3.89. The average Bonchev–Trinajstić information content (AvgIpc) is 3.25. The van der Waals surface area contributed by atoms with Gasteiger partial charge in [0, 0.05) is 27.9 Å². The van der Waals surface area contributed by atoms with Gasteiger partial charge in [0.15, 0.2) is 4.96 Å². The first-order chi connectivity index (χ1) is 13.1. The van der Waals surface area contributed by atoms with Crippen LogP contribution in [0.4, 0.5) is 0 Å². The molecule has 4 aromatic rings. The fourth-order valence-electron chi connectivity index (χ4n) is 3.00. The maximum atomic E-state index is 12.5. The summed E-state index contributed by atoms with van der Waals surface area (Å²) in [6.07, 6.45) is 2.30. The van der Waals surface area contributed by atoms with Gasteiger partial charge in [0.05, 0.1) is 18.2 Å². The summed E-state index contributed by atoms with van der Waals surface area (Å²) in [6.45, 7) is 1.97. The van der Waals surface area contributed by atoms with Crippen LogP contribution in [0.2, 0.25) is 5.02 Å². The topological polar surface area (TPSA) is 46.4 Å². The molecule has 1 atom stereocenters. The number of fused-ring (bicyclic) bond motifs is 1. The second-order valence-corrected chi connectivity index (χ2v) is 7.66. The third-order valence-electron chi connectivity index (χ3n) is 4.44. The van der Waals surface area contributed by atoms with E-state index < -0.39 is 0 Å². The molecule has 27 heavy (non-hydrogen) atoms. The van der Waals surface area contributed by atoms with Crippen LogP contribution in [0, 0.1) is 0 Å². The number of benzene rings is 2. The molecule has 0 saturated heterocycles. The van der Waals surface area contributed by atoms with Crippen molar-refractivity contribution < 1.29 is 4.79 Å². The van der Waals surface area contributed by atoms with Gasteiger partial charge in [-0.25, -0.2) is 4.98 Å². The number of nitrogens with zero attached hydrogens (tertiary/aromatic N) is 2. The van der Waals surface area contributed by atoms with Crippen LogP contribution in [0.3, 0.4) is 0 Å². The second kappa shape index (κ2) is 7.55. The number of thiazole rings is 1. The largest absolute Gasteiger partial charge is 0.349 e. The van der Waals surface area contributed by atoms with E-state index in [1.54, 1.807) is 11.3 Å². The summed E-state index contributed by atoms with van der Waals surface area (Å²) in [6, 6.07) is 17.5. The standard InChI is InChI=1S/C21H18ClN3OS/c1-14(15-7-9-17(22)10-8-15)23-20(26)11-18-13-27-21-24-19(12-25(18)21)16-5-3-2-4-6-16/h2-10,12-14H,11H2,1H3,(H,23,26). The molecule has 1 unspecified atom stereocenters. The lowest BCUT2D eigenvalue weighted by molar-refractivity contribution is -0.121. The van der Waals surface area contributed by atoms with Crippen molar-refractivity contribution in [3.63, 3.8) is 0 Å². The van der Waals surface area contributed by atoms with Crippen molar-refractivity contribution in [3.8, 4) is 11.3 Å². The molecule has 1 amide bonds. The minimum Gasteiger partial charge on any atom is -0.349 e. The van der Waals surface area contributed by atoms with E-state index in [-0.39, 0.29) is 11.9 Å². The van der Waals surface area contributed by atoms with Crippen LogP contribution in [0.1, 0.15) is 24.2 Å². The van der Waals surface area contributed by atoms with Crippen molar-refractivity contribution in [3.05, 3.63) is 82.5 Å². The number of carbonyl (C=O) groups excluding carboxylic acids is 1. The van der Waals surface area contributed by atoms with Gasteiger partial charge in [-0.1, -0.05) is 54.1 Å². The quantitative estimate of drug-likeness (QED) is 0.508. The number of imidazole rings is 1. The van der Waals surface area contributed by atoms with Gasteiger partial charge in [-0.05, 0) is 24.6 Å². The number of halogens is 1. The summed E-state index contributed by atoms with van der Waals surface area (Å²) in [4.78, 5) is 18.1.